The lowest BCUT2D eigenvalue weighted by molar-refractivity contribution is -0.118. The lowest BCUT2D eigenvalue weighted by atomic mass is 9.99. The maximum Gasteiger partial charge on any atom is 0.234 e. The lowest BCUT2D eigenvalue weighted by Crippen LogP contribution is -2.24. The summed E-state index contributed by atoms with van der Waals surface area (Å²) < 4.78 is 13.2. The molecule has 3 aromatic rings. The third kappa shape index (κ3) is 3.18. The van der Waals surface area contributed by atoms with Gasteiger partial charge in [0.15, 0.2) is 0 Å². The minimum absolute atomic E-state index is 0.0893. The van der Waals surface area contributed by atoms with E-state index in [-0.39, 0.29) is 5.02 Å². The first-order valence-electron chi connectivity index (χ1n) is 6.88. The number of benzene rings is 2. The number of carbonyl (C=O) groups excluding carboxylic acids is 1. The molecule has 118 valence electrons. The predicted octanol–water partition coefficient (Wildman–Crippen LogP) is 3.07. The highest BCUT2D eigenvalue weighted by molar-refractivity contribution is 6.30. The largest absolute Gasteiger partial charge is 0.395 e. The Bertz CT molecular complexity index is 865. The van der Waals surface area contributed by atoms with Crippen molar-refractivity contribution < 1.29 is 14.3 Å². The first kappa shape index (κ1) is 15.5. The summed E-state index contributed by atoms with van der Waals surface area (Å²) in [5, 5.41) is 19.7. The van der Waals surface area contributed by atoms with Gasteiger partial charge in [0.25, 0.3) is 0 Å². The number of aromatic amines is 1. The molecule has 0 bridgehead atoms. The zero-order valence-electron chi connectivity index (χ0n) is 11.9. The van der Waals surface area contributed by atoms with E-state index in [1.54, 1.807) is 24.4 Å². The molecule has 5 nitrogen and oxygen atoms in total. The molecule has 0 aliphatic carbocycles. The van der Waals surface area contributed by atoms with Gasteiger partial charge in [-0.15, -0.1) is 0 Å². The van der Waals surface area contributed by atoms with Crippen LogP contribution < -0.4 is 5.32 Å². The van der Waals surface area contributed by atoms with Gasteiger partial charge < -0.3 is 10.4 Å². The molecule has 0 saturated carbocycles. The van der Waals surface area contributed by atoms with Crippen molar-refractivity contribution in [3.05, 3.63) is 59.0 Å². The highest BCUT2D eigenvalue weighted by Crippen LogP contribution is 2.24. The third-order valence-electron chi connectivity index (χ3n) is 3.55. The van der Waals surface area contributed by atoms with Crippen LogP contribution in [0.15, 0.2) is 42.6 Å². The monoisotopic (exact) mass is 333 g/mol. The van der Waals surface area contributed by atoms with E-state index in [2.05, 4.69) is 15.5 Å². The average Bonchev–Trinajstić information content (AvgIpc) is 2.99. The average molecular weight is 334 g/mol. The number of amides is 1. The minimum Gasteiger partial charge on any atom is -0.395 e. The quantitative estimate of drug-likeness (QED) is 0.686. The van der Waals surface area contributed by atoms with Gasteiger partial charge in [-0.3, -0.25) is 9.89 Å². The van der Waals surface area contributed by atoms with E-state index in [1.807, 2.05) is 0 Å². The molecule has 0 aliphatic rings. The van der Waals surface area contributed by atoms with Crippen LogP contribution in [0, 0.1) is 5.82 Å². The van der Waals surface area contributed by atoms with Crippen LogP contribution in [0.4, 0.5) is 10.1 Å². The Morgan fingerprint density at radius 2 is 2.17 bits per heavy atom. The molecule has 1 aromatic heterocycles. The normalized spacial score (nSPS) is 12.3. The van der Waals surface area contributed by atoms with Crippen molar-refractivity contribution in [2.45, 2.75) is 5.92 Å². The molecule has 0 aliphatic heterocycles. The smallest absolute Gasteiger partial charge is 0.234 e. The number of H-pyrrole nitrogens is 1. The van der Waals surface area contributed by atoms with Crippen molar-refractivity contribution in [1.82, 2.24) is 10.2 Å². The maximum atomic E-state index is 13.2. The number of fused-ring (bicyclic) bond motifs is 1. The SMILES string of the molecule is O=C(Nc1ccc2[nH]ncc2c1)C(CO)c1ccc(F)c(Cl)c1. The molecule has 7 heteroatoms. The molecular weight excluding hydrogens is 321 g/mol. The number of nitrogens with zero attached hydrogens (tertiary/aromatic N) is 1. The molecule has 3 N–H and O–H groups in total. The van der Waals surface area contributed by atoms with Gasteiger partial charge in [-0.2, -0.15) is 5.10 Å². The third-order valence-corrected chi connectivity index (χ3v) is 3.84. The Balaban J connectivity index is 1.82. The van der Waals surface area contributed by atoms with Gasteiger partial charge in [0, 0.05) is 11.1 Å². The van der Waals surface area contributed by atoms with Crippen LogP contribution in [-0.4, -0.2) is 27.8 Å². The number of aliphatic hydroxyl groups is 1. The van der Waals surface area contributed by atoms with Crippen molar-refractivity contribution in [1.29, 1.82) is 0 Å². The van der Waals surface area contributed by atoms with E-state index in [4.69, 9.17) is 11.6 Å². The summed E-state index contributed by atoms with van der Waals surface area (Å²) >= 11 is 5.73. The summed E-state index contributed by atoms with van der Waals surface area (Å²) in [5.41, 5.74) is 1.88. The van der Waals surface area contributed by atoms with Crippen LogP contribution >= 0.6 is 11.6 Å². The highest BCUT2D eigenvalue weighted by atomic mass is 35.5. The first-order chi connectivity index (χ1) is 11.1. The Kier molecular flexibility index (Phi) is 4.27. The van der Waals surface area contributed by atoms with E-state index in [0.717, 1.165) is 10.9 Å². The zero-order chi connectivity index (χ0) is 16.4. The number of aliphatic hydroxyl groups excluding tert-OH is 1. The number of carbonyl (C=O) groups is 1. The second-order valence-electron chi connectivity index (χ2n) is 5.07. The van der Waals surface area contributed by atoms with E-state index in [9.17, 15) is 14.3 Å². The number of rotatable bonds is 4. The fourth-order valence-corrected chi connectivity index (χ4v) is 2.51. The van der Waals surface area contributed by atoms with Crippen LogP contribution in [0.25, 0.3) is 10.9 Å². The van der Waals surface area contributed by atoms with E-state index in [0.29, 0.717) is 11.3 Å². The van der Waals surface area contributed by atoms with Crippen molar-refractivity contribution in [3.63, 3.8) is 0 Å². The lowest BCUT2D eigenvalue weighted by Gasteiger charge is -2.15. The summed E-state index contributed by atoms with van der Waals surface area (Å²) in [6, 6.07) is 9.23. The standard InChI is InChI=1S/C16H13ClFN3O2/c17-13-6-9(1-3-14(13)18)12(8-22)16(23)20-11-2-4-15-10(5-11)7-19-21-15/h1-7,12,22H,8H2,(H,19,21)(H,20,23). The molecule has 2 aromatic carbocycles. The number of hydrogen-bond acceptors (Lipinski definition) is 3. The maximum absolute atomic E-state index is 13.2. The fraction of sp³-hybridized carbons (Fsp3) is 0.125. The van der Waals surface area contributed by atoms with Crippen LogP contribution in [0.3, 0.4) is 0 Å². The van der Waals surface area contributed by atoms with Crippen molar-refractivity contribution in [2.24, 2.45) is 0 Å². The Morgan fingerprint density at radius 3 is 2.91 bits per heavy atom. The van der Waals surface area contributed by atoms with Gasteiger partial charge in [0.1, 0.15) is 5.82 Å². The van der Waals surface area contributed by atoms with Gasteiger partial charge in [0.2, 0.25) is 5.91 Å². The van der Waals surface area contributed by atoms with Crippen LogP contribution in [0.5, 0.6) is 0 Å². The highest BCUT2D eigenvalue weighted by Gasteiger charge is 2.21. The first-order valence-corrected chi connectivity index (χ1v) is 7.26. The second-order valence-corrected chi connectivity index (χ2v) is 5.48. The zero-order valence-corrected chi connectivity index (χ0v) is 12.6. The summed E-state index contributed by atoms with van der Waals surface area (Å²) in [7, 11) is 0. The molecule has 1 amide bonds. The Labute approximate surface area is 136 Å². The number of hydrogen-bond donors (Lipinski definition) is 3. The minimum atomic E-state index is -0.840. The molecule has 0 spiro atoms. The Morgan fingerprint density at radius 1 is 1.35 bits per heavy atom. The molecule has 0 saturated heterocycles. The molecule has 3 rings (SSSR count). The van der Waals surface area contributed by atoms with Gasteiger partial charge in [-0.1, -0.05) is 17.7 Å². The van der Waals surface area contributed by atoms with E-state index < -0.39 is 24.2 Å². The van der Waals surface area contributed by atoms with Crippen LogP contribution in [0.2, 0.25) is 5.02 Å². The van der Waals surface area contributed by atoms with Gasteiger partial charge in [0.05, 0.1) is 29.3 Å². The fourth-order valence-electron chi connectivity index (χ4n) is 2.32. The Hall–Kier alpha value is -2.44. The number of aromatic nitrogens is 2. The van der Waals surface area contributed by atoms with Gasteiger partial charge in [-0.05, 0) is 35.9 Å². The summed E-state index contributed by atoms with van der Waals surface area (Å²) in [4.78, 5) is 12.4. The van der Waals surface area contributed by atoms with Gasteiger partial charge in [-0.25, -0.2) is 4.39 Å². The molecule has 0 radical (unpaired) electrons. The molecule has 23 heavy (non-hydrogen) atoms. The number of nitrogens with one attached hydrogen (secondary N) is 2. The van der Waals surface area contributed by atoms with Gasteiger partial charge >= 0.3 is 0 Å². The molecule has 1 heterocycles. The predicted molar refractivity (Wildman–Crippen MR) is 86.0 cm³/mol. The topological polar surface area (TPSA) is 78.0 Å². The summed E-state index contributed by atoms with van der Waals surface area (Å²) in [6.07, 6.45) is 1.65. The van der Waals surface area contributed by atoms with E-state index in [1.165, 1.54) is 18.2 Å². The summed E-state index contributed by atoms with van der Waals surface area (Å²) in [5.74, 6) is -1.82. The molecule has 0 fully saturated rings. The van der Waals surface area contributed by atoms with Crippen LogP contribution in [-0.2, 0) is 4.79 Å². The molecule has 1 atom stereocenters. The summed E-state index contributed by atoms with van der Waals surface area (Å²) in [6.45, 7) is -0.415. The van der Waals surface area contributed by atoms with Crippen LogP contribution in [0.1, 0.15) is 11.5 Å². The second kappa shape index (κ2) is 6.36. The van der Waals surface area contributed by atoms with Crippen molar-refractivity contribution >= 4 is 34.1 Å². The van der Waals surface area contributed by atoms with Crippen molar-refractivity contribution in [2.75, 3.05) is 11.9 Å². The molecule has 1 unspecified atom stereocenters. The van der Waals surface area contributed by atoms with Crippen molar-refractivity contribution in [3.8, 4) is 0 Å². The number of halogens is 2. The molecular formula is C16H13ClFN3O2. The number of anilines is 1. The van der Waals surface area contributed by atoms with E-state index >= 15 is 0 Å².